The largest absolute Gasteiger partial charge is 0.367 e. The van der Waals surface area contributed by atoms with E-state index in [1.807, 2.05) is 6.08 Å². The van der Waals surface area contributed by atoms with Crippen molar-refractivity contribution in [3.8, 4) is 0 Å². The van der Waals surface area contributed by atoms with E-state index >= 15 is 0 Å². The van der Waals surface area contributed by atoms with E-state index in [0.717, 1.165) is 29.7 Å². The average Bonchev–Trinajstić information content (AvgIpc) is 2.64. The molecule has 2 N–H and O–H groups in total. The molecule has 2 saturated carbocycles. The van der Waals surface area contributed by atoms with Crippen LogP contribution < -0.4 is 10.6 Å². The van der Waals surface area contributed by atoms with Crippen LogP contribution in [0.2, 0.25) is 0 Å². The van der Waals surface area contributed by atoms with Crippen molar-refractivity contribution in [1.29, 1.82) is 0 Å². The van der Waals surface area contributed by atoms with E-state index in [-0.39, 0.29) is 5.66 Å². The Balaban J connectivity index is 2.10. The second-order valence-corrected chi connectivity index (χ2v) is 8.27. The highest BCUT2D eigenvalue weighted by Gasteiger charge is 2.37. The summed E-state index contributed by atoms with van der Waals surface area (Å²) in [5, 5.41) is 7.66. The third-order valence-corrected chi connectivity index (χ3v) is 6.41. The van der Waals surface area contributed by atoms with E-state index in [1.165, 1.54) is 63.4 Å². The van der Waals surface area contributed by atoms with Gasteiger partial charge in [-0.1, -0.05) is 64.3 Å². The zero-order chi connectivity index (χ0) is 19.0. The predicted molar refractivity (Wildman–Crippen MR) is 115 cm³/mol. The molecule has 0 radical (unpaired) electrons. The Bertz CT molecular complexity index is 526. The molecule has 2 rings (SSSR count). The van der Waals surface area contributed by atoms with Gasteiger partial charge in [0.25, 0.3) is 0 Å². The summed E-state index contributed by atoms with van der Waals surface area (Å²) in [5.41, 5.74) is 3.43. The Labute approximate surface area is 161 Å². The van der Waals surface area contributed by atoms with Gasteiger partial charge in [0, 0.05) is 5.70 Å². The fraction of sp³-hybridized carbons (Fsp3) is 0.667. The minimum absolute atomic E-state index is 0.00152. The molecule has 2 fully saturated rings. The number of hydrogen-bond acceptors (Lipinski definition) is 2. The molecule has 0 saturated heterocycles. The van der Waals surface area contributed by atoms with Crippen LogP contribution in [-0.2, 0) is 0 Å². The molecule has 0 unspecified atom stereocenters. The molecule has 0 amide bonds. The minimum atomic E-state index is -0.00152. The van der Waals surface area contributed by atoms with Crippen LogP contribution >= 0.6 is 0 Å². The lowest BCUT2D eigenvalue weighted by molar-refractivity contribution is 0.115. The molecular formula is C24H40N2. The van der Waals surface area contributed by atoms with Crippen LogP contribution in [-0.4, -0.2) is 12.2 Å². The van der Waals surface area contributed by atoms with Crippen LogP contribution in [0, 0.1) is 11.8 Å². The molecule has 0 aliphatic heterocycles. The molecule has 0 aromatic heterocycles. The van der Waals surface area contributed by atoms with Crippen LogP contribution in [0.4, 0.5) is 0 Å². The molecule has 2 heteroatoms. The monoisotopic (exact) mass is 356 g/mol. The fourth-order valence-electron chi connectivity index (χ4n) is 5.10. The Morgan fingerprint density at radius 1 is 1.08 bits per heavy atom. The van der Waals surface area contributed by atoms with Gasteiger partial charge >= 0.3 is 0 Å². The molecule has 0 spiro atoms. The van der Waals surface area contributed by atoms with Gasteiger partial charge < -0.3 is 5.32 Å². The topological polar surface area (TPSA) is 24.1 Å². The Morgan fingerprint density at radius 3 is 2.19 bits per heavy atom. The van der Waals surface area contributed by atoms with Gasteiger partial charge in [-0.15, -0.1) is 0 Å². The van der Waals surface area contributed by atoms with Crippen molar-refractivity contribution in [3.63, 3.8) is 0 Å². The predicted octanol–water partition coefficient (Wildman–Crippen LogP) is 6.24. The summed E-state index contributed by atoms with van der Waals surface area (Å²) in [6.45, 7) is 15.4. The van der Waals surface area contributed by atoms with Gasteiger partial charge in [-0.2, -0.15) is 0 Å². The number of rotatable bonds is 8. The molecule has 2 aliphatic carbocycles. The maximum Gasteiger partial charge on any atom is 0.0881 e. The Morgan fingerprint density at radius 2 is 1.69 bits per heavy atom. The molecule has 26 heavy (non-hydrogen) atoms. The third kappa shape index (κ3) is 5.36. The van der Waals surface area contributed by atoms with E-state index in [9.17, 15) is 0 Å². The molecule has 2 aliphatic rings. The van der Waals surface area contributed by atoms with Crippen molar-refractivity contribution < 1.29 is 0 Å². The molecule has 0 atom stereocenters. The van der Waals surface area contributed by atoms with Crippen molar-refractivity contribution in [2.45, 2.75) is 84.2 Å². The van der Waals surface area contributed by atoms with Crippen LogP contribution in [0.25, 0.3) is 0 Å². The summed E-state index contributed by atoms with van der Waals surface area (Å²) < 4.78 is 0. The van der Waals surface area contributed by atoms with Crippen molar-refractivity contribution in [1.82, 2.24) is 10.6 Å². The molecule has 0 aromatic carbocycles. The number of hydrogen-bond donors (Lipinski definition) is 2. The van der Waals surface area contributed by atoms with Crippen LogP contribution in [0.1, 0.15) is 78.6 Å². The van der Waals surface area contributed by atoms with Gasteiger partial charge in [0.15, 0.2) is 0 Å². The summed E-state index contributed by atoms with van der Waals surface area (Å²) in [7, 11) is 0. The lowest BCUT2D eigenvalue weighted by Crippen LogP contribution is -2.58. The van der Waals surface area contributed by atoms with E-state index in [2.05, 4.69) is 56.7 Å². The van der Waals surface area contributed by atoms with E-state index in [4.69, 9.17) is 0 Å². The molecule has 2 nitrogen and oxygen atoms in total. The quantitative estimate of drug-likeness (QED) is 0.397. The first kappa shape index (κ1) is 21.0. The van der Waals surface area contributed by atoms with Crippen LogP contribution in [0.5, 0.6) is 0 Å². The maximum absolute atomic E-state index is 4.16. The maximum atomic E-state index is 4.16. The molecule has 0 bridgehead atoms. The first-order chi connectivity index (χ1) is 12.5. The highest BCUT2D eigenvalue weighted by atomic mass is 15.2. The zero-order valence-electron chi connectivity index (χ0n) is 17.4. The lowest BCUT2D eigenvalue weighted by atomic mass is 9.70. The fourth-order valence-corrected chi connectivity index (χ4v) is 5.10. The van der Waals surface area contributed by atoms with Crippen molar-refractivity contribution >= 4 is 0 Å². The van der Waals surface area contributed by atoms with Gasteiger partial charge in [0.05, 0.1) is 5.66 Å². The smallest absolute Gasteiger partial charge is 0.0881 e. The van der Waals surface area contributed by atoms with Gasteiger partial charge in [-0.3, -0.25) is 5.32 Å². The summed E-state index contributed by atoms with van der Waals surface area (Å²) in [6.07, 6.45) is 18.5. The second kappa shape index (κ2) is 10.2. The SMILES string of the molecule is C=C/C=C(NC1(NCC)CCC(C2CCCCC2)CC1)\C(=C\C)C(=C)C. The van der Waals surface area contributed by atoms with E-state index < -0.39 is 0 Å². The summed E-state index contributed by atoms with van der Waals surface area (Å²) in [4.78, 5) is 0. The Kier molecular flexibility index (Phi) is 8.21. The molecule has 146 valence electrons. The normalized spacial score (nSPS) is 28.7. The third-order valence-electron chi connectivity index (χ3n) is 6.41. The standard InChI is InChI=1S/C24H40N2/c1-6-12-23(22(7-2)19(4)5)26-24(25-8-3)17-15-21(16-18-24)20-13-10-9-11-14-20/h6-7,12,20-21,25-26H,1,4,8-11,13-18H2,2-3,5H3/b22-7+,23-12+. The van der Waals surface area contributed by atoms with Gasteiger partial charge in [-0.05, 0) is 75.1 Å². The second-order valence-electron chi connectivity index (χ2n) is 8.27. The van der Waals surface area contributed by atoms with Crippen LogP contribution in [0.15, 0.2) is 48.2 Å². The van der Waals surface area contributed by atoms with Crippen molar-refractivity contribution in [2.75, 3.05) is 6.54 Å². The number of nitrogens with one attached hydrogen (secondary N) is 2. The summed E-state index contributed by atoms with van der Waals surface area (Å²) in [5.74, 6) is 1.91. The highest BCUT2D eigenvalue weighted by Crippen LogP contribution is 2.41. The summed E-state index contributed by atoms with van der Waals surface area (Å²) in [6, 6.07) is 0. The minimum Gasteiger partial charge on any atom is -0.367 e. The van der Waals surface area contributed by atoms with Gasteiger partial charge in [0.1, 0.15) is 0 Å². The van der Waals surface area contributed by atoms with Crippen molar-refractivity contribution in [2.24, 2.45) is 11.8 Å². The van der Waals surface area contributed by atoms with E-state index in [0.29, 0.717) is 0 Å². The average molecular weight is 357 g/mol. The number of allylic oxidation sites excluding steroid dienone is 4. The lowest BCUT2D eigenvalue weighted by Gasteiger charge is -2.45. The first-order valence-electron chi connectivity index (χ1n) is 10.7. The Hall–Kier alpha value is -1.28. The van der Waals surface area contributed by atoms with Gasteiger partial charge in [0.2, 0.25) is 0 Å². The molecule has 0 heterocycles. The highest BCUT2D eigenvalue weighted by molar-refractivity contribution is 5.45. The first-order valence-corrected chi connectivity index (χ1v) is 10.7. The summed E-state index contributed by atoms with van der Waals surface area (Å²) >= 11 is 0. The molecule has 0 aromatic rings. The van der Waals surface area contributed by atoms with Crippen molar-refractivity contribution in [3.05, 3.63) is 48.2 Å². The van der Waals surface area contributed by atoms with Gasteiger partial charge in [-0.25, -0.2) is 0 Å². The van der Waals surface area contributed by atoms with E-state index in [1.54, 1.807) is 0 Å². The zero-order valence-corrected chi connectivity index (χ0v) is 17.4. The van der Waals surface area contributed by atoms with Crippen LogP contribution in [0.3, 0.4) is 0 Å². The molecular weight excluding hydrogens is 316 g/mol.